The SMILES string of the molecule is CCc1nn(C[C@@H](C)COC(=O)c2ccccc2S(C)(=O)=O)c2c1C(=O)NCCCOCCC2. The molecule has 1 aromatic heterocycles. The lowest BCUT2D eigenvalue weighted by atomic mass is 10.1. The van der Waals surface area contributed by atoms with Crippen LogP contribution in [0, 0.1) is 5.92 Å². The topological polar surface area (TPSA) is 117 Å². The number of aryl methyl sites for hydroxylation is 1. The molecular weight excluding hydrogens is 458 g/mol. The maximum Gasteiger partial charge on any atom is 0.339 e. The first-order valence-corrected chi connectivity index (χ1v) is 13.5. The van der Waals surface area contributed by atoms with E-state index in [9.17, 15) is 18.0 Å². The molecule has 186 valence electrons. The summed E-state index contributed by atoms with van der Waals surface area (Å²) in [6.07, 6.45) is 3.89. The number of sulfone groups is 1. The van der Waals surface area contributed by atoms with Crippen molar-refractivity contribution in [3.05, 3.63) is 46.8 Å². The van der Waals surface area contributed by atoms with Gasteiger partial charge < -0.3 is 14.8 Å². The zero-order valence-electron chi connectivity index (χ0n) is 20.0. The van der Waals surface area contributed by atoms with E-state index in [1.807, 2.05) is 18.5 Å². The van der Waals surface area contributed by atoms with E-state index in [4.69, 9.17) is 14.6 Å². The van der Waals surface area contributed by atoms with Gasteiger partial charge in [-0.2, -0.15) is 5.10 Å². The van der Waals surface area contributed by atoms with Gasteiger partial charge in [-0.25, -0.2) is 13.2 Å². The molecule has 0 aliphatic carbocycles. The van der Waals surface area contributed by atoms with Crippen LogP contribution < -0.4 is 5.32 Å². The van der Waals surface area contributed by atoms with Crippen molar-refractivity contribution in [2.24, 2.45) is 5.92 Å². The Morgan fingerprint density at radius 1 is 1.26 bits per heavy atom. The van der Waals surface area contributed by atoms with E-state index < -0.39 is 15.8 Å². The van der Waals surface area contributed by atoms with Crippen LogP contribution in [0.4, 0.5) is 0 Å². The number of benzene rings is 1. The van der Waals surface area contributed by atoms with Gasteiger partial charge >= 0.3 is 5.97 Å². The minimum absolute atomic E-state index is 0.0229. The van der Waals surface area contributed by atoms with E-state index >= 15 is 0 Å². The molecule has 2 heterocycles. The molecule has 0 saturated carbocycles. The van der Waals surface area contributed by atoms with E-state index in [2.05, 4.69) is 5.32 Å². The second kappa shape index (κ2) is 11.6. The predicted octanol–water partition coefficient (Wildman–Crippen LogP) is 2.42. The monoisotopic (exact) mass is 491 g/mol. The standard InChI is InChI=1S/C24H33N3O6S/c1-4-19-22-20(10-7-13-32-14-8-12-25-23(22)28)27(26-19)15-17(2)16-33-24(29)18-9-5-6-11-21(18)34(3,30)31/h5-6,9,11,17H,4,7-8,10,12-16H2,1-3H3,(H,25,28)/t17-/m1/s1. The quantitative estimate of drug-likeness (QED) is 0.591. The van der Waals surface area contributed by atoms with Gasteiger partial charge in [0.2, 0.25) is 0 Å². The van der Waals surface area contributed by atoms with E-state index in [-0.39, 0.29) is 28.9 Å². The number of esters is 1. The lowest BCUT2D eigenvalue weighted by Gasteiger charge is -2.16. The fraction of sp³-hybridized carbons (Fsp3) is 0.542. The van der Waals surface area contributed by atoms with Crippen LogP contribution in [0.2, 0.25) is 0 Å². The number of hydrogen-bond donors (Lipinski definition) is 1. The zero-order chi connectivity index (χ0) is 24.7. The normalized spacial score (nSPS) is 16.1. The van der Waals surface area contributed by atoms with Crippen molar-refractivity contribution >= 4 is 21.7 Å². The summed E-state index contributed by atoms with van der Waals surface area (Å²) in [6.45, 7) is 6.22. The molecule has 3 rings (SSSR count). The summed E-state index contributed by atoms with van der Waals surface area (Å²) in [6, 6.07) is 6.01. The van der Waals surface area contributed by atoms with Crippen LogP contribution in [-0.4, -0.2) is 62.7 Å². The molecule has 1 atom stereocenters. The van der Waals surface area contributed by atoms with E-state index in [1.54, 1.807) is 12.1 Å². The highest BCUT2D eigenvalue weighted by molar-refractivity contribution is 7.90. The Balaban J connectivity index is 1.74. The van der Waals surface area contributed by atoms with Crippen molar-refractivity contribution in [1.82, 2.24) is 15.1 Å². The summed E-state index contributed by atoms with van der Waals surface area (Å²) in [5.41, 5.74) is 2.27. The average molecular weight is 492 g/mol. The zero-order valence-corrected chi connectivity index (χ0v) is 20.8. The lowest BCUT2D eigenvalue weighted by Crippen LogP contribution is -2.27. The first-order chi connectivity index (χ1) is 16.2. The number of nitrogens with zero attached hydrogens (tertiary/aromatic N) is 2. The number of amides is 1. The largest absolute Gasteiger partial charge is 0.462 e. The molecule has 1 aliphatic heterocycles. The summed E-state index contributed by atoms with van der Waals surface area (Å²) in [7, 11) is -3.56. The van der Waals surface area contributed by atoms with Gasteiger partial charge in [-0.1, -0.05) is 26.0 Å². The number of aromatic nitrogens is 2. The van der Waals surface area contributed by atoms with E-state index in [1.165, 1.54) is 12.1 Å². The van der Waals surface area contributed by atoms with Gasteiger partial charge in [0, 0.05) is 38.5 Å². The number of rotatable bonds is 7. The van der Waals surface area contributed by atoms with Gasteiger partial charge in [0.05, 0.1) is 34.0 Å². The van der Waals surface area contributed by atoms with Crippen molar-refractivity contribution in [2.75, 3.05) is 32.6 Å². The van der Waals surface area contributed by atoms with Crippen molar-refractivity contribution in [1.29, 1.82) is 0 Å². The molecule has 0 radical (unpaired) electrons. The molecule has 1 aliphatic rings. The summed E-state index contributed by atoms with van der Waals surface area (Å²) >= 11 is 0. The predicted molar refractivity (Wildman–Crippen MR) is 127 cm³/mol. The van der Waals surface area contributed by atoms with Crippen LogP contribution in [-0.2, 0) is 38.7 Å². The third-order valence-electron chi connectivity index (χ3n) is 5.64. The number of hydrogen-bond acceptors (Lipinski definition) is 7. The van der Waals surface area contributed by atoms with Crippen LogP contribution in [0.15, 0.2) is 29.2 Å². The van der Waals surface area contributed by atoms with E-state index in [0.717, 1.165) is 30.5 Å². The van der Waals surface area contributed by atoms with Crippen LogP contribution in [0.5, 0.6) is 0 Å². The first kappa shape index (κ1) is 25.9. The first-order valence-electron chi connectivity index (χ1n) is 11.6. The summed E-state index contributed by atoms with van der Waals surface area (Å²) < 4.78 is 36.9. The Morgan fingerprint density at radius 2 is 2.00 bits per heavy atom. The third kappa shape index (κ3) is 6.44. The fourth-order valence-corrected chi connectivity index (χ4v) is 4.85. The van der Waals surface area contributed by atoms with Crippen molar-refractivity contribution in [3.63, 3.8) is 0 Å². The number of carbonyl (C=O) groups is 2. The molecular formula is C24H33N3O6S. The van der Waals surface area contributed by atoms with Crippen molar-refractivity contribution in [3.8, 4) is 0 Å². The van der Waals surface area contributed by atoms with Gasteiger partial charge in [0.1, 0.15) is 0 Å². The number of carbonyl (C=O) groups excluding carboxylic acids is 2. The van der Waals surface area contributed by atoms with Gasteiger partial charge in [-0.15, -0.1) is 0 Å². The second-order valence-electron chi connectivity index (χ2n) is 8.60. The molecule has 0 fully saturated rings. The van der Waals surface area contributed by atoms with Crippen LogP contribution in [0.3, 0.4) is 0 Å². The Labute approximate surface area is 200 Å². The Hall–Kier alpha value is -2.72. The molecule has 0 spiro atoms. The third-order valence-corrected chi connectivity index (χ3v) is 6.79. The minimum Gasteiger partial charge on any atom is -0.462 e. The molecule has 1 aromatic carbocycles. The Bertz CT molecular complexity index is 1130. The second-order valence-corrected chi connectivity index (χ2v) is 10.6. The highest BCUT2D eigenvalue weighted by atomic mass is 32.2. The van der Waals surface area contributed by atoms with Crippen LogP contribution in [0.25, 0.3) is 0 Å². The van der Waals surface area contributed by atoms with Gasteiger partial charge in [-0.3, -0.25) is 9.48 Å². The Morgan fingerprint density at radius 3 is 2.74 bits per heavy atom. The maximum absolute atomic E-state index is 12.9. The number of ether oxygens (including phenoxy) is 2. The summed E-state index contributed by atoms with van der Waals surface area (Å²) in [5, 5.41) is 7.66. The number of fused-ring (bicyclic) bond motifs is 1. The molecule has 1 amide bonds. The smallest absolute Gasteiger partial charge is 0.339 e. The highest BCUT2D eigenvalue weighted by Gasteiger charge is 2.24. The van der Waals surface area contributed by atoms with Crippen molar-refractivity contribution in [2.45, 2.75) is 51.0 Å². The molecule has 0 unspecified atom stereocenters. The molecule has 10 heteroatoms. The van der Waals surface area contributed by atoms with Crippen molar-refractivity contribution < 1.29 is 27.5 Å². The molecule has 34 heavy (non-hydrogen) atoms. The highest BCUT2D eigenvalue weighted by Crippen LogP contribution is 2.21. The summed E-state index contributed by atoms with van der Waals surface area (Å²) in [5.74, 6) is -0.907. The Kier molecular flexibility index (Phi) is 8.84. The molecule has 0 bridgehead atoms. The molecule has 0 saturated heterocycles. The minimum atomic E-state index is -3.56. The van der Waals surface area contributed by atoms with Gasteiger partial charge in [0.15, 0.2) is 9.84 Å². The lowest BCUT2D eigenvalue weighted by molar-refractivity contribution is 0.0431. The molecule has 9 nitrogen and oxygen atoms in total. The number of nitrogens with one attached hydrogen (secondary N) is 1. The van der Waals surface area contributed by atoms with Crippen LogP contribution in [0.1, 0.15) is 58.8 Å². The van der Waals surface area contributed by atoms with Gasteiger partial charge in [-0.05, 0) is 37.8 Å². The molecule has 1 N–H and O–H groups in total. The van der Waals surface area contributed by atoms with Crippen LogP contribution >= 0.6 is 0 Å². The van der Waals surface area contributed by atoms with Gasteiger partial charge in [0.25, 0.3) is 5.91 Å². The fourth-order valence-electron chi connectivity index (χ4n) is 3.98. The average Bonchev–Trinajstić information content (AvgIpc) is 3.13. The maximum atomic E-state index is 12.9. The molecule has 2 aromatic rings. The summed E-state index contributed by atoms with van der Waals surface area (Å²) in [4.78, 5) is 25.4. The van der Waals surface area contributed by atoms with E-state index in [0.29, 0.717) is 44.7 Å².